The van der Waals surface area contributed by atoms with Gasteiger partial charge in [-0.15, -0.1) is 11.3 Å². The van der Waals surface area contributed by atoms with Gasteiger partial charge in [-0.1, -0.05) is 29.8 Å². The van der Waals surface area contributed by atoms with Crippen molar-refractivity contribution in [1.29, 1.82) is 0 Å². The summed E-state index contributed by atoms with van der Waals surface area (Å²) in [6.07, 6.45) is 4.77. The van der Waals surface area contributed by atoms with Gasteiger partial charge in [0.05, 0.1) is 34.2 Å². The summed E-state index contributed by atoms with van der Waals surface area (Å²) < 4.78 is 3.20. The lowest BCUT2D eigenvalue weighted by atomic mass is 10.1. The Balaban J connectivity index is 1.45. The number of Topliss-reactive ketones (excluding diaryl/α,β-unsaturated/α-hetero) is 1. The fourth-order valence-corrected chi connectivity index (χ4v) is 5.70. The van der Waals surface area contributed by atoms with Crippen molar-refractivity contribution >= 4 is 46.1 Å². The van der Waals surface area contributed by atoms with Gasteiger partial charge in [0.25, 0.3) is 11.5 Å². The summed E-state index contributed by atoms with van der Waals surface area (Å²) >= 11 is 7.51. The van der Waals surface area contributed by atoms with Crippen molar-refractivity contribution in [2.24, 2.45) is 0 Å². The number of carbonyl (C=O) groups is 2. The van der Waals surface area contributed by atoms with Gasteiger partial charge in [-0.25, -0.2) is 0 Å². The standard InChI is InChI=1S/C32H24ClN7O3S/c33-29-13-10-21(44-29)18-37-30-16-26(38-40(30)32(43)22-7-1-2-8-24(22)34)23-11-12-27(20-6-5-14-35-17-20)39(31(23)42)19-28(41)25-9-3-4-15-36-25/h1-17,37H,18-19,34H2. The van der Waals surface area contributed by atoms with Crippen LogP contribution in [-0.4, -0.2) is 36.0 Å². The maximum Gasteiger partial charge on any atom is 0.282 e. The monoisotopic (exact) mass is 621 g/mol. The molecule has 6 aromatic rings. The van der Waals surface area contributed by atoms with Crippen LogP contribution in [0.2, 0.25) is 4.34 Å². The van der Waals surface area contributed by atoms with E-state index in [2.05, 4.69) is 20.4 Å². The first kappa shape index (κ1) is 28.7. The molecule has 0 spiro atoms. The molecule has 3 N–H and O–H groups in total. The average molecular weight is 622 g/mol. The van der Waals surface area contributed by atoms with Crippen LogP contribution in [0.3, 0.4) is 0 Å². The van der Waals surface area contributed by atoms with Crippen LogP contribution in [-0.2, 0) is 13.1 Å². The lowest BCUT2D eigenvalue weighted by Crippen LogP contribution is -2.27. The van der Waals surface area contributed by atoms with E-state index < -0.39 is 11.5 Å². The molecule has 0 radical (unpaired) electrons. The number of para-hydroxylation sites is 1. The summed E-state index contributed by atoms with van der Waals surface area (Å²) in [7, 11) is 0. The first-order valence-corrected chi connectivity index (χ1v) is 14.6. The van der Waals surface area contributed by atoms with Gasteiger partial charge >= 0.3 is 0 Å². The molecule has 1 aromatic carbocycles. The Morgan fingerprint density at radius 2 is 1.80 bits per heavy atom. The number of nitrogen functional groups attached to an aromatic ring is 1. The molecule has 0 aliphatic carbocycles. The Hall–Kier alpha value is -5.39. The number of thiophene rings is 1. The number of nitrogens with two attached hydrogens (primary N) is 1. The van der Waals surface area contributed by atoms with Crippen LogP contribution < -0.4 is 16.6 Å². The zero-order valence-electron chi connectivity index (χ0n) is 23.1. The third-order valence-corrected chi connectivity index (χ3v) is 8.06. The Morgan fingerprint density at radius 3 is 2.52 bits per heavy atom. The highest BCUT2D eigenvalue weighted by Crippen LogP contribution is 2.27. The second-order valence-corrected chi connectivity index (χ2v) is 11.5. The van der Waals surface area contributed by atoms with Crippen LogP contribution in [0.25, 0.3) is 22.5 Å². The summed E-state index contributed by atoms with van der Waals surface area (Å²) in [5.41, 5.74) is 8.02. The molecule has 5 aromatic heterocycles. The van der Waals surface area contributed by atoms with E-state index >= 15 is 0 Å². The largest absolute Gasteiger partial charge is 0.398 e. The lowest BCUT2D eigenvalue weighted by Gasteiger charge is -2.13. The number of hydrogen-bond acceptors (Lipinski definition) is 9. The molecule has 6 rings (SSSR count). The second kappa shape index (κ2) is 12.5. The van der Waals surface area contributed by atoms with Gasteiger partial charge in [-0.05, 0) is 60.7 Å². The topological polar surface area (TPSA) is 138 Å². The van der Waals surface area contributed by atoms with Gasteiger partial charge in [-0.2, -0.15) is 9.78 Å². The number of aromatic nitrogens is 5. The third-order valence-electron chi connectivity index (χ3n) is 6.83. The van der Waals surface area contributed by atoms with E-state index in [1.165, 1.54) is 26.8 Å². The van der Waals surface area contributed by atoms with Crippen molar-refractivity contribution < 1.29 is 9.59 Å². The van der Waals surface area contributed by atoms with E-state index in [1.807, 2.05) is 6.07 Å². The SMILES string of the molecule is Nc1ccccc1C(=O)n1nc(-c2ccc(-c3cccnc3)n(CC(=O)c3ccccn3)c2=O)cc1NCc1ccc(Cl)s1. The van der Waals surface area contributed by atoms with Crippen LogP contribution in [0, 0.1) is 0 Å². The van der Waals surface area contributed by atoms with E-state index in [9.17, 15) is 14.4 Å². The van der Waals surface area contributed by atoms with E-state index in [-0.39, 0.29) is 34.8 Å². The predicted octanol–water partition coefficient (Wildman–Crippen LogP) is 5.65. The van der Waals surface area contributed by atoms with E-state index in [0.29, 0.717) is 33.6 Å². The van der Waals surface area contributed by atoms with Crippen molar-refractivity contribution in [1.82, 2.24) is 24.3 Å². The molecular formula is C32H24ClN7O3S. The molecule has 12 heteroatoms. The molecule has 0 fully saturated rings. The van der Waals surface area contributed by atoms with Crippen LogP contribution in [0.1, 0.15) is 25.7 Å². The van der Waals surface area contributed by atoms with Gasteiger partial charge in [0.1, 0.15) is 17.2 Å². The minimum absolute atomic E-state index is 0.196. The highest BCUT2D eigenvalue weighted by Gasteiger charge is 2.22. The van der Waals surface area contributed by atoms with Crippen LogP contribution in [0.5, 0.6) is 0 Å². The first-order chi connectivity index (χ1) is 21.4. The molecule has 0 bridgehead atoms. The molecule has 5 heterocycles. The molecule has 0 amide bonds. The van der Waals surface area contributed by atoms with Crippen LogP contribution in [0.15, 0.2) is 108 Å². The van der Waals surface area contributed by atoms with E-state index in [0.717, 1.165) is 4.88 Å². The van der Waals surface area contributed by atoms with Gasteiger partial charge in [0.2, 0.25) is 5.78 Å². The number of nitrogens with one attached hydrogen (secondary N) is 1. The Morgan fingerprint density at radius 1 is 0.955 bits per heavy atom. The molecule has 0 saturated carbocycles. The minimum atomic E-state index is -0.473. The number of carbonyl (C=O) groups excluding carboxylic acids is 2. The van der Waals surface area contributed by atoms with E-state index in [1.54, 1.807) is 91.3 Å². The van der Waals surface area contributed by atoms with Crippen LogP contribution >= 0.6 is 22.9 Å². The quantitative estimate of drug-likeness (QED) is 0.156. The molecule has 10 nitrogen and oxygen atoms in total. The Kier molecular flexibility index (Phi) is 8.13. The number of nitrogens with zero attached hydrogens (tertiary/aromatic N) is 5. The normalized spacial score (nSPS) is 10.9. The van der Waals surface area contributed by atoms with Gasteiger partial charge in [0, 0.05) is 40.8 Å². The highest BCUT2D eigenvalue weighted by molar-refractivity contribution is 7.16. The number of anilines is 2. The fourth-order valence-electron chi connectivity index (χ4n) is 4.67. The summed E-state index contributed by atoms with van der Waals surface area (Å²) in [5, 5.41) is 7.80. The minimum Gasteiger partial charge on any atom is -0.398 e. The molecule has 0 aliphatic heterocycles. The number of pyridine rings is 3. The summed E-state index contributed by atoms with van der Waals surface area (Å²) in [6, 6.07) is 23.9. The smallest absolute Gasteiger partial charge is 0.282 e. The Bertz CT molecular complexity index is 2040. The molecule has 44 heavy (non-hydrogen) atoms. The lowest BCUT2D eigenvalue weighted by molar-refractivity contribution is 0.0946. The number of ketones is 1. The van der Waals surface area contributed by atoms with Gasteiger partial charge < -0.3 is 11.1 Å². The molecular weight excluding hydrogens is 598 g/mol. The predicted molar refractivity (Wildman–Crippen MR) is 171 cm³/mol. The first-order valence-electron chi connectivity index (χ1n) is 13.5. The number of rotatable bonds is 9. The zero-order chi connectivity index (χ0) is 30.6. The third kappa shape index (κ3) is 5.91. The van der Waals surface area contributed by atoms with Crippen molar-refractivity contribution in [3.63, 3.8) is 0 Å². The van der Waals surface area contributed by atoms with Crippen molar-refractivity contribution in [2.75, 3.05) is 11.1 Å². The molecule has 0 atom stereocenters. The molecule has 218 valence electrons. The van der Waals surface area contributed by atoms with Gasteiger partial charge in [-0.3, -0.25) is 28.9 Å². The number of benzene rings is 1. The number of hydrogen-bond donors (Lipinski definition) is 2. The average Bonchev–Trinajstić information content (AvgIpc) is 3.67. The number of halogens is 1. The molecule has 0 aliphatic rings. The molecule has 0 unspecified atom stereocenters. The van der Waals surface area contributed by atoms with Crippen molar-refractivity contribution in [2.45, 2.75) is 13.1 Å². The summed E-state index contributed by atoms with van der Waals surface area (Å²) in [4.78, 5) is 50.3. The Labute approximate surface area is 260 Å². The summed E-state index contributed by atoms with van der Waals surface area (Å²) in [6.45, 7) is 0.0984. The maximum atomic E-state index is 14.1. The van der Waals surface area contributed by atoms with Crippen LogP contribution in [0.4, 0.5) is 11.5 Å². The second-order valence-electron chi connectivity index (χ2n) is 9.68. The fraction of sp³-hybridized carbons (Fsp3) is 0.0625. The van der Waals surface area contributed by atoms with Crippen molar-refractivity contribution in [3.8, 4) is 22.5 Å². The molecule has 0 saturated heterocycles. The van der Waals surface area contributed by atoms with E-state index in [4.69, 9.17) is 17.3 Å². The van der Waals surface area contributed by atoms with Gasteiger partial charge in [0.15, 0.2) is 0 Å². The highest BCUT2D eigenvalue weighted by atomic mass is 35.5. The zero-order valence-corrected chi connectivity index (χ0v) is 24.6. The summed E-state index contributed by atoms with van der Waals surface area (Å²) in [5.74, 6) is -0.462. The van der Waals surface area contributed by atoms with Crippen molar-refractivity contribution in [3.05, 3.63) is 134 Å². The maximum absolute atomic E-state index is 14.1.